The van der Waals surface area contributed by atoms with Crippen LogP contribution in [-0.2, 0) is 10.3 Å². The Morgan fingerprint density at radius 1 is 1.30 bits per heavy atom. The molecule has 20 heavy (non-hydrogen) atoms. The van der Waals surface area contributed by atoms with Gasteiger partial charge in [0.2, 0.25) is 0 Å². The molecule has 1 fully saturated rings. The van der Waals surface area contributed by atoms with Gasteiger partial charge in [0.05, 0.1) is 5.56 Å². The summed E-state index contributed by atoms with van der Waals surface area (Å²) in [5, 5.41) is 21.2. The van der Waals surface area contributed by atoms with E-state index >= 15 is 0 Å². The van der Waals surface area contributed by atoms with Gasteiger partial charge in [-0.3, -0.25) is 0 Å². The van der Waals surface area contributed by atoms with E-state index in [0.717, 1.165) is 23.3 Å². The Morgan fingerprint density at radius 2 is 2.00 bits per heavy atom. The fourth-order valence-electron chi connectivity index (χ4n) is 2.78. The number of rotatable bonds is 3. The highest BCUT2D eigenvalue weighted by Crippen LogP contribution is 2.42. The Labute approximate surface area is 115 Å². The van der Waals surface area contributed by atoms with E-state index in [1.54, 1.807) is 0 Å². The standard InChI is InChI=1S/C13H16N4O3/c1-7-8(2)20-9(3)10(7)11-14-15-16-17(11)13(12(18)19)5-4-6-13/h4-6H2,1-3H3,(H,18,19). The molecule has 1 aliphatic carbocycles. The lowest BCUT2D eigenvalue weighted by Crippen LogP contribution is -2.48. The number of tetrazole rings is 1. The molecule has 1 N–H and O–H groups in total. The van der Waals surface area contributed by atoms with E-state index in [2.05, 4.69) is 15.5 Å². The first-order chi connectivity index (χ1) is 9.47. The van der Waals surface area contributed by atoms with Gasteiger partial charge in [0, 0.05) is 5.56 Å². The maximum absolute atomic E-state index is 11.6. The first-order valence-electron chi connectivity index (χ1n) is 6.56. The van der Waals surface area contributed by atoms with Crippen LogP contribution in [0, 0.1) is 20.8 Å². The molecule has 2 aromatic heterocycles. The summed E-state index contributed by atoms with van der Waals surface area (Å²) in [4.78, 5) is 11.6. The van der Waals surface area contributed by atoms with Crippen LogP contribution in [0.1, 0.15) is 36.3 Å². The zero-order valence-corrected chi connectivity index (χ0v) is 11.7. The van der Waals surface area contributed by atoms with Crippen LogP contribution in [0.15, 0.2) is 4.42 Å². The first kappa shape index (κ1) is 12.8. The van der Waals surface area contributed by atoms with Gasteiger partial charge in [0.25, 0.3) is 0 Å². The van der Waals surface area contributed by atoms with Crippen LogP contribution in [0.4, 0.5) is 0 Å². The average molecular weight is 276 g/mol. The van der Waals surface area contributed by atoms with Gasteiger partial charge in [-0.05, 0) is 50.5 Å². The van der Waals surface area contributed by atoms with Gasteiger partial charge >= 0.3 is 5.97 Å². The lowest BCUT2D eigenvalue weighted by molar-refractivity contribution is -0.153. The van der Waals surface area contributed by atoms with E-state index in [1.807, 2.05) is 20.8 Å². The predicted molar refractivity (Wildman–Crippen MR) is 69.2 cm³/mol. The maximum Gasteiger partial charge on any atom is 0.331 e. The van der Waals surface area contributed by atoms with Gasteiger partial charge in [-0.25, -0.2) is 9.48 Å². The minimum absolute atomic E-state index is 0.471. The summed E-state index contributed by atoms with van der Waals surface area (Å²) in [5.74, 6) is 1.09. The maximum atomic E-state index is 11.6. The van der Waals surface area contributed by atoms with Crippen molar-refractivity contribution < 1.29 is 14.3 Å². The van der Waals surface area contributed by atoms with Crippen molar-refractivity contribution >= 4 is 5.97 Å². The predicted octanol–water partition coefficient (Wildman–Crippen LogP) is 1.82. The van der Waals surface area contributed by atoms with Crippen LogP contribution in [0.5, 0.6) is 0 Å². The second-order valence-corrected chi connectivity index (χ2v) is 5.32. The molecule has 2 heterocycles. The summed E-state index contributed by atoms with van der Waals surface area (Å²) in [7, 11) is 0. The zero-order chi connectivity index (χ0) is 14.5. The highest BCUT2D eigenvalue weighted by atomic mass is 16.4. The Balaban J connectivity index is 2.18. The minimum atomic E-state index is -1.01. The van der Waals surface area contributed by atoms with Crippen LogP contribution in [0.3, 0.4) is 0 Å². The molecule has 7 heteroatoms. The number of hydrogen-bond donors (Lipinski definition) is 1. The van der Waals surface area contributed by atoms with E-state index in [1.165, 1.54) is 4.68 Å². The van der Waals surface area contributed by atoms with Gasteiger partial charge < -0.3 is 9.52 Å². The smallest absolute Gasteiger partial charge is 0.331 e. The van der Waals surface area contributed by atoms with Gasteiger partial charge in [-0.2, -0.15) is 0 Å². The molecule has 0 spiro atoms. The number of aliphatic carboxylic acids is 1. The Hall–Kier alpha value is -2.18. The second-order valence-electron chi connectivity index (χ2n) is 5.32. The number of aromatic nitrogens is 4. The van der Waals surface area contributed by atoms with Crippen molar-refractivity contribution in [2.24, 2.45) is 0 Å². The Morgan fingerprint density at radius 3 is 2.45 bits per heavy atom. The van der Waals surface area contributed by atoms with Gasteiger partial charge in [0.15, 0.2) is 11.4 Å². The molecule has 0 aliphatic heterocycles. The number of furan rings is 1. The molecule has 0 bridgehead atoms. The third kappa shape index (κ3) is 1.52. The summed E-state index contributed by atoms with van der Waals surface area (Å²) in [6, 6.07) is 0. The molecule has 7 nitrogen and oxygen atoms in total. The lowest BCUT2D eigenvalue weighted by atomic mass is 9.76. The van der Waals surface area contributed by atoms with Gasteiger partial charge in [0.1, 0.15) is 11.5 Å². The Bertz CT molecular complexity index is 682. The van der Waals surface area contributed by atoms with E-state index < -0.39 is 11.5 Å². The molecular formula is C13H16N4O3. The van der Waals surface area contributed by atoms with Crippen molar-refractivity contribution in [2.45, 2.75) is 45.6 Å². The summed E-state index contributed by atoms with van der Waals surface area (Å²) in [6.07, 6.45) is 1.97. The summed E-state index contributed by atoms with van der Waals surface area (Å²) in [5.41, 5.74) is 0.724. The fraction of sp³-hybridized carbons (Fsp3) is 0.538. The van der Waals surface area contributed by atoms with Crippen molar-refractivity contribution in [1.82, 2.24) is 20.2 Å². The number of carbonyl (C=O) groups is 1. The molecule has 106 valence electrons. The van der Waals surface area contributed by atoms with Crippen molar-refractivity contribution in [1.29, 1.82) is 0 Å². The van der Waals surface area contributed by atoms with Crippen molar-refractivity contribution in [3.05, 3.63) is 17.1 Å². The van der Waals surface area contributed by atoms with Crippen LogP contribution in [0.25, 0.3) is 11.4 Å². The monoisotopic (exact) mass is 276 g/mol. The molecule has 0 unspecified atom stereocenters. The van der Waals surface area contributed by atoms with Crippen LogP contribution >= 0.6 is 0 Å². The topological polar surface area (TPSA) is 94.0 Å². The molecule has 3 rings (SSSR count). The molecule has 0 aromatic carbocycles. The molecule has 0 saturated heterocycles. The third-order valence-corrected chi connectivity index (χ3v) is 4.24. The molecular weight excluding hydrogens is 260 g/mol. The average Bonchev–Trinajstić information content (AvgIpc) is 2.84. The SMILES string of the molecule is Cc1oc(C)c(-c2nnnn2C2(C(=O)O)CCC2)c1C. The second kappa shape index (κ2) is 4.16. The van der Waals surface area contributed by atoms with Crippen LogP contribution < -0.4 is 0 Å². The third-order valence-electron chi connectivity index (χ3n) is 4.24. The number of carboxylic acids is 1. The Kier molecular flexibility index (Phi) is 2.67. The first-order valence-corrected chi connectivity index (χ1v) is 6.56. The number of nitrogens with zero attached hydrogens (tertiary/aromatic N) is 4. The molecule has 0 amide bonds. The highest BCUT2D eigenvalue weighted by Gasteiger charge is 2.49. The summed E-state index contributed by atoms with van der Waals surface area (Å²) in [6.45, 7) is 5.63. The normalized spacial score (nSPS) is 16.9. The fourth-order valence-corrected chi connectivity index (χ4v) is 2.78. The molecule has 2 aromatic rings. The van der Waals surface area contributed by atoms with E-state index in [-0.39, 0.29) is 0 Å². The van der Waals surface area contributed by atoms with Crippen molar-refractivity contribution in [3.8, 4) is 11.4 Å². The number of carboxylic acid groups (broad SMARTS) is 1. The van der Waals surface area contributed by atoms with Crippen molar-refractivity contribution in [3.63, 3.8) is 0 Å². The lowest BCUT2D eigenvalue weighted by Gasteiger charge is -2.37. The van der Waals surface area contributed by atoms with E-state index in [9.17, 15) is 9.90 Å². The van der Waals surface area contributed by atoms with Crippen LogP contribution in [-0.4, -0.2) is 31.3 Å². The quantitative estimate of drug-likeness (QED) is 0.919. The molecule has 1 saturated carbocycles. The van der Waals surface area contributed by atoms with E-state index in [0.29, 0.717) is 24.4 Å². The zero-order valence-electron chi connectivity index (χ0n) is 11.7. The summed E-state index contributed by atoms with van der Waals surface area (Å²) >= 11 is 0. The van der Waals surface area contributed by atoms with Gasteiger partial charge in [-0.15, -0.1) is 5.10 Å². The van der Waals surface area contributed by atoms with Crippen LogP contribution in [0.2, 0.25) is 0 Å². The van der Waals surface area contributed by atoms with E-state index in [4.69, 9.17) is 4.42 Å². The molecule has 0 atom stereocenters. The number of aryl methyl sites for hydroxylation is 2. The molecule has 1 aliphatic rings. The highest BCUT2D eigenvalue weighted by molar-refractivity contribution is 5.79. The molecule has 0 radical (unpaired) electrons. The number of hydrogen-bond acceptors (Lipinski definition) is 5. The summed E-state index contributed by atoms with van der Waals surface area (Å²) < 4.78 is 7.04. The largest absolute Gasteiger partial charge is 0.479 e. The van der Waals surface area contributed by atoms with Gasteiger partial charge in [-0.1, -0.05) is 0 Å². The van der Waals surface area contributed by atoms with Crippen molar-refractivity contribution in [2.75, 3.05) is 0 Å². The minimum Gasteiger partial charge on any atom is -0.479 e.